The Bertz CT molecular complexity index is 3380. The minimum absolute atomic E-state index is 0.546. The van der Waals surface area contributed by atoms with Crippen molar-refractivity contribution >= 4 is 76.1 Å². The third-order valence-corrected chi connectivity index (χ3v) is 11.2. The van der Waals surface area contributed by atoms with E-state index in [-0.39, 0.29) is 0 Å². The molecule has 0 unspecified atom stereocenters. The van der Waals surface area contributed by atoms with Gasteiger partial charge in [0.1, 0.15) is 11.2 Å². The molecule has 12 aromatic rings. The Balaban J connectivity index is 1.24. The van der Waals surface area contributed by atoms with Crippen LogP contribution in [0.25, 0.3) is 116 Å². The lowest BCUT2D eigenvalue weighted by Crippen LogP contribution is -2.01. The molecule has 5 heteroatoms. The minimum atomic E-state index is 0.546. The van der Waals surface area contributed by atoms with Gasteiger partial charge in [0.15, 0.2) is 17.5 Å². The average Bonchev–Trinajstić information content (AvgIpc) is 3.83. The second-order valence-electron chi connectivity index (χ2n) is 14.4. The molecule has 0 radical (unpaired) electrons. The Labute approximate surface area is 320 Å². The highest BCUT2D eigenvalue weighted by atomic mass is 16.3. The molecule has 0 aliphatic heterocycles. The molecule has 0 bridgehead atoms. The van der Waals surface area contributed by atoms with Gasteiger partial charge in [0.05, 0.1) is 16.6 Å². The molecule has 0 saturated carbocycles. The summed E-state index contributed by atoms with van der Waals surface area (Å²) in [5.41, 5.74) is 7.46. The molecule has 3 aromatic heterocycles. The molecule has 9 aromatic carbocycles. The van der Waals surface area contributed by atoms with Gasteiger partial charge >= 0.3 is 0 Å². The largest absolute Gasteiger partial charge is 0.455 e. The lowest BCUT2D eigenvalue weighted by atomic mass is 10.00. The first-order valence-corrected chi connectivity index (χ1v) is 18.9. The van der Waals surface area contributed by atoms with Gasteiger partial charge in [-0.1, -0.05) is 152 Å². The monoisotopic (exact) mass is 714 g/mol. The smallest absolute Gasteiger partial charge is 0.167 e. The summed E-state index contributed by atoms with van der Waals surface area (Å²) in [7, 11) is 0. The highest BCUT2D eigenvalue weighted by Gasteiger charge is 2.23. The first-order chi connectivity index (χ1) is 27.8. The van der Waals surface area contributed by atoms with Crippen LogP contribution in [0.3, 0.4) is 0 Å². The molecular formula is C51H30N4O. The first kappa shape index (κ1) is 30.8. The van der Waals surface area contributed by atoms with E-state index in [1.807, 2.05) is 60.7 Å². The summed E-state index contributed by atoms with van der Waals surface area (Å²) >= 11 is 0. The Morgan fingerprint density at radius 2 is 0.839 bits per heavy atom. The first-order valence-electron chi connectivity index (χ1n) is 18.9. The average molecular weight is 715 g/mol. The van der Waals surface area contributed by atoms with Crippen molar-refractivity contribution in [3.8, 4) is 39.9 Å². The Kier molecular flexibility index (Phi) is 6.56. The second-order valence-corrected chi connectivity index (χ2v) is 14.4. The number of aromatic nitrogens is 4. The maximum absolute atomic E-state index is 7.00. The van der Waals surface area contributed by atoms with Gasteiger partial charge in [-0.3, -0.25) is 0 Å². The van der Waals surface area contributed by atoms with Gasteiger partial charge in [-0.25, -0.2) is 15.0 Å². The van der Waals surface area contributed by atoms with Crippen LogP contribution in [0.1, 0.15) is 0 Å². The number of nitrogens with zero attached hydrogens (tertiary/aromatic N) is 4. The molecule has 0 fully saturated rings. The quantitative estimate of drug-likeness (QED) is 0.182. The van der Waals surface area contributed by atoms with Crippen molar-refractivity contribution in [1.82, 2.24) is 19.5 Å². The van der Waals surface area contributed by atoms with Crippen LogP contribution in [-0.2, 0) is 0 Å². The Hall–Kier alpha value is -7.63. The van der Waals surface area contributed by atoms with Crippen LogP contribution in [-0.4, -0.2) is 19.5 Å². The van der Waals surface area contributed by atoms with Crippen molar-refractivity contribution in [2.75, 3.05) is 0 Å². The molecule has 12 rings (SSSR count). The van der Waals surface area contributed by atoms with Gasteiger partial charge in [-0.2, -0.15) is 0 Å². The maximum atomic E-state index is 7.00. The van der Waals surface area contributed by atoms with E-state index in [0.29, 0.717) is 17.5 Å². The summed E-state index contributed by atoms with van der Waals surface area (Å²) in [6.07, 6.45) is 0. The maximum Gasteiger partial charge on any atom is 0.167 e. The van der Waals surface area contributed by atoms with Crippen LogP contribution in [0.5, 0.6) is 0 Å². The van der Waals surface area contributed by atoms with Crippen LogP contribution in [0, 0.1) is 0 Å². The number of furan rings is 1. The van der Waals surface area contributed by atoms with Gasteiger partial charge in [-0.15, -0.1) is 0 Å². The standard InChI is InChI=1S/C51H30N4O/c1-3-16-34(17-4-1)49-52-50(35-18-5-2-6-19-35)54-51(53-49)42-30-36(29-41-40-26-23-33-15-9-12-22-39(33)47(40)56-48(41)42)55-43-27-24-31-13-7-10-20-37(31)45(43)46-38-21-11-8-14-32(38)25-28-44(46)55/h1-30H. The molecule has 0 spiro atoms. The fraction of sp³-hybridized carbons (Fsp3) is 0. The van der Waals surface area contributed by atoms with E-state index in [2.05, 4.69) is 126 Å². The van der Waals surface area contributed by atoms with Crippen LogP contribution in [0.4, 0.5) is 0 Å². The molecule has 0 N–H and O–H groups in total. The molecule has 0 aliphatic carbocycles. The molecule has 0 atom stereocenters. The predicted molar refractivity (Wildman–Crippen MR) is 230 cm³/mol. The van der Waals surface area contributed by atoms with Crippen molar-refractivity contribution in [2.45, 2.75) is 0 Å². The minimum Gasteiger partial charge on any atom is -0.455 e. The molecule has 0 amide bonds. The van der Waals surface area contributed by atoms with Crippen molar-refractivity contribution in [3.63, 3.8) is 0 Å². The summed E-state index contributed by atoms with van der Waals surface area (Å²) < 4.78 is 9.40. The van der Waals surface area contributed by atoms with Crippen molar-refractivity contribution in [2.24, 2.45) is 0 Å². The van der Waals surface area contributed by atoms with Gasteiger partial charge < -0.3 is 8.98 Å². The molecule has 260 valence electrons. The van der Waals surface area contributed by atoms with E-state index >= 15 is 0 Å². The van der Waals surface area contributed by atoms with E-state index in [1.54, 1.807) is 0 Å². The third kappa shape index (κ3) is 4.58. The van der Waals surface area contributed by atoms with Gasteiger partial charge in [0.2, 0.25) is 0 Å². The van der Waals surface area contributed by atoms with Crippen LogP contribution in [0.2, 0.25) is 0 Å². The third-order valence-electron chi connectivity index (χ3n) is 11.2. The van der Waals surface area contributed by atoms with Gasteiger partial charge in [0.25, 0.3) is 0 Å². The summed E-state index contributed by atoms with van der Waals surface area (Å²) in [4.78, 5) is 15.5. The van der Waals surface area contributed by atoms with Crippen LogP contribution < -0.4 is 0 Å². The summed E-state index contributed by atoms with van der Waals surface area (Å²) in [5, 5.41) is 11.6. The number of fused-ring (bicyclic) bond motifs is 12. The molecule has 0 saturated heterocycles. The zero-order valence-electron chi connectivity index (χ0n) is 30.0. The highest BCUT2D eigenvalue weighted by Crippen LogP contribution is 2.44. The zero-order valence-corrected chi connectivity index (χ0v) is 30.0. The lowest BCUT2D eigenvalue weighted by molar-refractivity contribution is 0.673. The molecule has 5 nitrogen and oxygen atoms in total. The Morgan fingerprint density at radius 3 is 1.43 bits per heavy atom. The molecular weight excluding hydrogens is 685 g/mol. The van der Waals surface area contributed by atoms with Crippen LogP contribution in [0.15, 0.2) is 186 Å². The summed E-state index contributed by atoms with van der Waals surface area (Å²) in [6, 6.07) is 63.9. The van der Waals surface area contributed by atoms with Gasteiger partial charge in [0, 0.05) is 43.7 Å². The zero-order chi connectivity index (χ0) is 36.7. The van der Waals surface area contributed by atoms with Crippen LogP contribution >= 0.6 is 0 Å². The van der Waals surface area contributed by atoms with E-state index in [4.69, 9.17) is 19.4 Å². The van der Waals surface area contributed by atoms with Crippen molar-refractivity contribution in [3.05, 3.63) is 182 Å². The van der Waals surface area contributed by atoms with E-state index < -0.39 is 0 Å². The SMILES string of the molecule is c1ccc(-c2nc(-c3ccccc3)nc(-c3cc(-n4c5ccc6ccccc6c5c5c6ccccc6ccc54)cc4c3oc3c5ccccc5ccc43)n2)cc1. The fourth-order valence-electron chi connectivity index (χ4n) is 8.64. The predicted octanol–water partition coefficient (Wildman–Crippen LogP) is 13.3. The van der Waals surface area contributed by atoms with E-state index in [9.17, 15) is 0 Å². The number of benzene rings is 9. The van der Waals surface area contributed by atoms with Crippen molar-refractivity contribution in [1.29, 1.82) is 0 Å². The molecule has 0 aliphatic rings. The number of hydrogen-bond acceptors (Lipinski definition) is 4. The normalized spacial score (nSPS) is 11.9. The summed E-state index contributed by atoms with van der Waals surface area (Å²) in [5.74, 6) is 1.75. The molecule has 56 heavy (non-hydrogen) atoms. The Morgan fingerprint density at radius 1 is 0.357 bits per heavy atom. The van der Waals surface area contributed by atoms with E-state index in [1.165, 1.54) is 32.3 Å². The number of rotatable bonds is 4. The molecule has 3 heterocycles. The second kappa shape index (κ2) is 11.9. The highest BCUT2D eigenvalue weighted by molar-refractivity contribution is 6.28. The topological polar surface area (TPSA) is 56.7 Å². The van der Waals surface area contributed by atoms with Crippen molar-refractivity contribution < 1.29 is 4.42 Å². The summed E-state index contributed by atoms with van der Waals surface area (Å²) in [6.45, 7) is 0. The lowest BCUT2D eigenvalue weighted by Gasteiger charge is -2.13. The van der Waals surface area contributed by atoms with E-state index in [0.717, 1.165) is 66.1 Å². The fourth-order valence-corrected chi connectivity index (χ4v) is 8.64. The van der Waals surface area contributed by atoms with Gasteiger partial charge in [-0.05, 0) is 57.3 Å². The number of hydrogen-bond donors (Lipinski definition) is 0.